The van der Waals surface area contributed by atoms with Gasteiger partial charge in [-0.15, -0.1) is 0 Å². The smallest absolute Gasteiger partial charge is 0.137 e. The Morgan fingerprint density at radius 1 is 1.00 bits per heavy atom. The fourth-order valence-electron chi connectivity index (χ4n) is 3.18. The molecule has 2 aromatic carbocycles. The summed E-state index contributed by atoms with van der Waals surface area (Å²) in [5.74, 6) is 1.69. The highest BCUT2D eigenvalue weighted by Gasteiger charge is 2.22. The highest BCUT2D eigenvalue weighted by molar-refractivity contribution is 5.49. The Balaban J connectivity index is 1.41. The summed E-state index contributed by atoms with van der Waals surface area (Å²) in [5, 5.41) is 10.2. The van der Waals surface area contributed by atoms with Crippen LogP contribution in [0.4, 0.5) is 5.69 Å². The Morgan fingerprint density at radius 2 is 1.68 bits per heavy atom. The average molecular weight is 343 g/mol. The topological polar surface area (TPSA) is 46.4 Å². The van der Waals surface area contributed by atoms with Crippen LogP contribution in [0.15, 0.2) is 54.6 Å². The minimum atomic E-state index is -0.442. The van der Waals surface area contributed by atoms with Crippen LogP contribution in [-0.4, -0.2) is 57.7 Å². The van der Waals surface area contributed by atoms with Gasteiger partial charge < -0.3 is 24.4 Å². The number of ether oxygens (including phenoxy) is 2. The van der Waals surface area contributed by atoms with E-state index in [1.165, 1.54) is 10.6 Å². The monoisotopic (exact) mass is 343 g/mol. The Kier molecular flexibility index (Phi) is 6.14. The third-order valence-electron chi connectivity index (χ3n) is 4.62. The highest BCUT2D eigenvalue weighted by atomic mass is 16.5. The lowest BCUT2D eigenvalue weighted by atomic mass is 10.2. The maximum Gasteiger partial charge on any atom is 0.137 e. The van der Waals surface area contributed by atoms with Crippen LogP contribution in [0, 0.1) is 0 Å². The first-order chi connectivity index (χ1) is 12.2. The standard InChI is InChI=1S/C20H26N2O3/c1-24-19-9-7-17(8-10-19)22-13-11-21(12-14-22)15-18(23)16-25-20-5-3-2-4-6-20/h2-10,18,23H,11-16H2,1H3/p+1/t18-/m0/s1. The Morgan fingerprint density at radius 3 is 2.32 bits per heavy atom. The maximum absolute atomic E-state index is 10.2. The minimum absolute atomic E-state index is 0.343. The van der Waals surface area contributed by atoms with Crippen molar-refractivity contribution < 1.29 is 19.5 Å². The van der Waals surface area contributed by atoms with Crippen molar-refractivity contribution in [2.24, 2.45) is 0 Å². The molecule has 25 heavy (non-hydrogen) atoms. The maximum atomic E-state index is 10.2. The van der Waals surface area contributed by atoms with E-state index in [0.29, 0.717) is 6.61 Å². The Bertz CT molecular complexity index is 625. The van der Waals surface area contributed by atoms with Crippen molar-refractivity contribution in [3.63, 3.8) is 0 Å². The molecular weight excluding hydrogens is 316 g/mol. The lowest BCUT2D eigenvalue weighted by Crippen LogP contribution is -3.16. The number of piperazine rings is 1. The van der Waals surface area contributed by atoms with Crippen molar-refractivity contribution in [2.45, 2.75) is 6.10 Å². The minimum Gasteiger partial charge on any atom is -0.497 e. The number of benzene rings is 2. The van der Waals surface area contributed by atoms with Crippen molar-refractivity contribution in [2.75, 3.05) is 51.3 Å². The molecule has 2 N–H and O–H groups in total. The van der Waals surface area contributed by atoms with Crippen LogP contribution in [0.25, 0.3) is 0 Å². The van der Waals surface area contributed by atoms with Gasteiger partial charge in [0.25, 0.3) is 0 Å². The highest BCUT2D eigenvalue weighted by Crippen LogP contribution is 2.19. The first-order valence-corrected chi connectivity index (χ1v) is 8.83. The molecule has 0 aromatic heterocycles. The molecule has 1 saturated heterocycles. The SMILES string of the molecule is COc1ccc(N2CC[NH+](C[C@H](O)COc3ccccc3)CC2)cc1. The van der Waals surface area contributed by atoms with Gasteiger partial charge in [0, 0.05) is 5.69 Å². The van der Waals surface area contributed by atoms with Gasteiger partial charge in [-0.2, -0.15) is 0 Å². The molecule has 3 rings (SSSR count). The zero-order valence-corrected chi connectivity index (χ0v) is 14.7. The molecular formula is C20H27N2O3+. The van der Waals surface area contributed by atoms with E-state index in [1.54, 1.807) is 7.11 Å². The summed E-state index contributed by atoms with van der Waals surface area (Å²) in [7, 11) is 1.68. The number of rotatable bonds is 7. The van der Waals surface area contributed by atoms with Crippen LogP contribution in [0.1, 0.15) is 0 Å². The zero-order valence-electron chi connectivity index (χ0n) is 14.7. The summed E-state index contributed by atoms with van der Waals surface area (Å²) in [5.41, 5.74) is 1.23. The molecule has 5 heteroatoms. The second kappa shape index (κ2) is 8.74. The van der Waals surface area contributed by atoms with E-state index in [9.17, 15) is 5.11 Å². The predicted molar refractivity (Wildman–Crippen MR) is 98.7 cm³/mol. The summed E-state index contributed by atoms with van der Waals surface area (Å²) in [6.45, 7) is 5.10. The van der Waals surface area contributed by atoms with Crippen LogP contribution >= 0.6 is 0 Å². The molecule has 1 heterocycles. The second-order valence-electron chi connectivity index (χ2n) is 6.42. The van der Waals surface area contributed by atoms with E-state index in [0.717, 1.165) is 44.2 Å². The van der Waals surface area contributed by atoms with Gasteiger partial charge in [-0.1, -0.05) is 18.2 Å². The molecule has 0 unspecified atom stereocenters. The number of nitrogens with zero attached hydrogens (tertiary/aromatic N) is 1. The van der Waals surface area contributed by atoms with Crippen LogP contribution in [0.3, 0.4) is 0 Å². The number of hydrogen-bond donors (Lipinski definition) is 2. The van der Waals surface area contributed by atoms with Gasteiger partial charge in [-0.05, 0) is 36.4 Å². The Labute approximate surface area is 149 Å². The second-order valence-corrected chi connectivity index (χ2v) is 6.42. The third-order valence-corrected chi connectivity index (χ3v) is 4.62. The quantitative estimate of drug-likeness (QED) is 0.782. The molecule has 1 aliphatic rings. The van der Waals surface area contributed by atoms with Crippen LogP contribution in [0.5, 0.6) is 11.5 Å². The first kappa shape index (κ1) is 17.6. The summed E-state index contributed by atoms with van der Waals surface area (Å²) >= 11 is 0. The number of nitrogens with one attached hydrogen (secondary N) is 1. The van der Waals surface area contributed by atoms with E-state index in [1.807, 2.05) is 42.5 Å². The van der Waals surface area contributed by atoms with Crippen molar-refractivity contribution >= 4 is 5.69 Å². The molecule has 134 valence electrons. The molecule has 0 spiro atoms. The lowest BCUT2D eigenvalue weighted by Gasteiger charge is -2.34. The zero-order chi connectivity index (χ0) is 17.5. The third kappa shape index (κ3) is 5.11. The molecule has 0 saturated carbocycles. The number of aliphatic hydroxyl groups excluding tert-OH is 1. The average Bonchev–Trinajstić information content (AvgIpc) is 2.68. The van der Waals surface area contributed by atoms with Crippen molar-refractivity contribution in [3.8, 4) is 11.5 Å². The van der Waals surface area contributed by atoms with Crippen molar-refractivity contribution in [1.82, 2.24) is 0 Å². The number of para-hydroxylation sites is 1. The summed E-state index contributed by atoms with van der Waals surface area (Å²) in [6.07, 6.45) is -0.442. The number of anilines is 1. The van der Waals surface area contributed by atoms with E-state index in [-0.39, 0.29) is 0 Å². The van der Waals surface area contributed by atoms with E-state index < -0.39 is 6.10 Å². The molecule has 0 bridgehead atoms. The van der Waals surface area contributed by atoms with Gasteiger partial charge in [0.15, 0.2) is 0 Å². The Hall–Kier alpha value is -2.24. The number of aliphatic hydroxyl groups is 1. The van der Waals surface area contributed by atoms with Gasteiger partial charge >= 0.3 is 0 Å². The van der Waals surface area contributed by atoms with E-state index >= 15 is 0 Å². The largest absolute Gasteiger partial charge is 0.497 e. The van der Waals surface area contributed by atoms with Crippen molar-refractivity contribution in [1.29, 1.82) is 0 Å². The van der Waals surface area contributed by atoms with Gasteiger partial charge in [0.1, 0.15) is 30.8 Å². The van der Waals surface area contributed by atoms with E-state index in [2.05, 4.69) is 17.0 Å². The molecule has 1 atom stereocenters. The fourth-order valence-corrected chi connectivity index (χ4v) is 3.18. The molecule has 2 aromatic rings. The van der Waals surface area contributed by atoms with Gasteiger partial charge in [0.05, 0.1) is 33.3 Å². The van der Waals surface area contributed by atoms with Crippen LogP contribution < -0.4 is 19.3 Å². The molecule has 0 amide bonds. The fraction of sp³-hybridized carbons (Fsp3) is 0.400. The van der Waals surface area contributed by atoms with E-state index in [4.69, 9.17) is 9.47 Å². The summed E-state index contributed by atoms with van der Waals surface area (Å²) in [6, 6.07) is 17.9. The van der Waals surface area contributed by atoms with Crippen molar-refractivity contribution in [3.05, 3.63) is 54.6 Å². The van der Waals surface area contributed by atoms with Gasteiger partial charge in [-0.3, -0.25) is 0 Å². The number of quaternary nitrogens is 1. The molecule has 1 fully saturated rings. The molecule has 5 nitrogen and oxygen atoms in total. The summed E-state index contributed by atoms with van der Waals surface area (Å²) < 4.78 is 10.8. The van der Waals surface area contributed by atoms with Crippen LogP contribution in [0.2, 0.25) is 0 Å². The predicted octanol–water partition coefficient (Wildman–Crippen LogP) is 0.840. The first-order valence-electron chi connectivity index (χ1n) is 8.83. The molecule has 0 aliphatic carbocycles. The van der Waals surface area contributed by atoms with Crippen LogP contribution in [-0.2, 0) is 0 Å². The number of hydrogen-bond acceptors (Lipinski definition) is 4. The normalized spacial score (nSPS) is 16.5. The summed E-state index contributed by atoms with van der Waals surface area (Å²) in [4.78, 5) is 3.81. The molecule has 0 radical (unpaired) electrons. The van der Waals surface area contributed by atoms with Gasteiger partial charge in [-0.25, -0.2) is 0 Å². The lowest BCUT2D eigenvalue weighted by molar-refractivity contribution is -0.903. The number of methoxy groups -OCH3 is 1. The van der Waals surface area contributed by atoms with Gasteiger partial charge in [0.2, 0.25) is 0 Å². The molecule has 1 aliphatic heterocycles.